The molecular formula is C3H8ClI. The second-order valence-electron chi connectivity index (χ2n) is 0.689. The number of hydrogen-bond donors (Lipinski definition) is 0. The van der Waals surface area contributed by atoms with Crippen molar-refractivity contribution >= 4 is 35.0 Å². The lowest BCUT2D eigenvalue weighted by molar-refractivity contribution is 1.13. The highest BCUT2D eigenvalue weighted by Crippen LogP contribution is 1.81. The molecule has 0 heterocycles. The molecule has 0 atom stereocenters. The quantitative estimate of drug-likeness (QED) is 0.456. The molecule has 0 spiro atoms. The van der Waals surface area contributed by atoms with Crippen molar-refractivity contribution in [3.63, 3.8) is 0 Å². The molecule has 5 heavy (non-hydrogen) atoms. The molecule has 0 saturated heterocycles. The van der Waals surface area contributed by atoms with E-state index in [0.29, 0.717) is 0 Å². The molecule has 2 heteroatoms. The fraction of sp³-hybridized carbons (Fsp3) is 1.00. The van der Waals surface area contributed by atoms with Crippen LogP contribution >= 0.6 is 35.0 Å². The first-order valence-corrected chi connectivity index (χ1v) is 3.00. The summed E-state index contributed by atoms with van der Waals surface area (Å²) in [6.07, 6.45) is 1.31. The van der Waals surface area contributed by atoms with Crippen molar-refractivity contribution in [3.8, 4) is 0 Å². The van der Waals surface area contributed by atoms with E-state index in [1.807, 2.05) is 0 Å². The van der Waals surface area contributed by atoms with Crippen LogP contribution in [0.4, 0.5) is 0 Å². The van der Waals surface area contributed by atoms with Gasteiger partial charge in [-0.2, -0.15) is 0 Å². The SMILES string of the molecule is CCCI.Cl. The van der Waals surface area contributed by atoms with Crippen LogP contribution in [0, 0.1) is 0 Å². The third kappa shape index (κ3) is 11.2. The third-order valence-corrected chi connectivity index (χ3v) is 1.27. The molecule has 0 aromatic carbocycles. The summed E-state index contributed by atoms with van der Waals surface area (Å²) < 4.78 is 1.29. The van der Waals surface area contributed by atoms with Crippen molar-refractivity contribution in [1.82, 2.24) is 0 Å². The average molecular weight is 206 g/mol. The summed E-state index contributed by atoms with van der Waals surface area (Å²) in [6.45, 7) is 2.17. The molecular weight excluding hydrogens is 198 g/mol. The van der Waals surface area contributed by atoms with Gasteiger partial charge in [0, 0.05) is 0 Å². The zero-order valence-corrected chi connectivity index (χ0v) is 6.17. The Hall–Kier alpha value is 1.02. The minimum atomic E-state index is 0. The third-order valence-electron chi connectivity index (χ3n) is 0.189. The molecule has 0 aromatic rings. The van der Waals surface area contributed by atoms with Gasteiger partial charge in [-0.15, -0.1) is 12.4 Å². The second kappa shape index (κ2) is 8.89. The standard InChI is InChI=1S/C3H7I.ClH/c1-2-3-4;/h2-3H2,1H3;1H. The van der Waals surface area contributed by atoms with E-state index in [2.05, 4.69) is 29.5 Å². The molecule has 0 radical (unpaired) electrons. The van der Waals surface area contributed by atoms with E-state index in [9.17, 15) is 0 Å². The molecule has 0 fully saturated rings. The largest absolute Gasteiger partial charge is 0.147 e. The lowest BCUT2D eigenvalue weighted by Crippen LogP contribution is -1.54. The number of halogens is 2. The predicted octanol–water partition coefficient (Wildman–Crippen LogP) is 2.25. The van der Waals surface area contributed by atoms with Gasteiger partial charge in [0.2, 0.25) is 0 Å². The van der Waals surface area contributed by atoms with Gasteiger partial charge in [0.05, 0.1) is 0 Å². The summed E-state index contributed by atoms with van der Waals surface area (Å²) in [5, 5.41) is 0. The normalized spacial score (nSPS) is 6.00. The minimum absolute atomic E-state index is 0. The smallest absolute Gasteiger partial charge is 0.000735 e. The summed E-state index contributed by atoms with van der Waals surface area (Å²) in [6, 6.07) is 0. The average Bonchev–Trinajstić information content (AvgIpc) is 1.37. The monoisotopic (exact) mass is 206 g/mol. The first-order chi connectivity index (χ1) is 1.91. The first kappa shape index (κ1) is 9.39. The minimum Gasteiger partial charge on any atom is -0.147 e. The molecule has 0 bridgehead atoms. The van der Waals surface area contributed by atoms with Gasteiger partial charge in [-0.25, -0.2) is 0 Å². The topological polar surface area (TPSA) is 0 Å². The van der Waals surface area contributed by atoms with Crippen LogP contribution in [0.1, 0.15) is 13.3 Å². The van der Waals surface area contributed by atoms with Crippen LogP contribution in [0.25, 0.3) is 0 Å². The van der Waals surface area contributed by atoms with E-state index >= 15 is 0 Å². The Morgan fingerprint density at radius 2 is 1.80 bits per heavy atom. The van der Waals surface area contributed by atoms with E-state index in [0.717, 1.165) is 0 Å². The molecule has 0 aliphatic carbocycles. The highest BCUT2D eigenvalue weighted by Gasteiger charge is 1.58. The van der Waals surface area contributed by atoms with Crippen LogP contribution in [0.5, 0.6) is 0 Å². The van der Waals surface area contributed by atoms with E-state index in [4.69, 9.17) is 0 Å². The van der Waals surface area contributed by atoms with Crippen LogP contribution < -0.4 is 0 Å². The van der Waals surface area contributed by atoms with Gasteiger partial charge in [-0.1, -0.05) is 29.5 Å². The van der Waals surface area contributed by atoms with Gasteiger partial charge in [0.15, 0.2) is 0 Å². The molecule has 34 valence electrons. The van der Waals surface area contributed by atoms with Crippen LogP contribution in [-0.2, 0) is 0 Å². The lowest BCUT2D eigenvalue weighted by Gasteiger charge is -1.66. The maximum absolute atomic E-state index is 2.35. The summed E-state index contributed by atoms with van der Waals surface area (Å²) in [4.78, 5) is 0. The number of rotatable bonds is 1. The molecule has 0 amide bonds. The molecule has 0 aliphatic rings. The van der Waals surface area contributed by atoms with Crippen molar-refractivity contribution < 1.29 is 0 Å². The molecule has 0 aliphatic heterocycles. The fourth-order valence-electron chi connectivity index (χ4n) is 0. The summed E-state index contributed by atoms with van der Waals surface area (Å²) >= 11 is 2.35. The van der Waals surface area contributed by atoms with E-state index in [-0.39, 0.29) is 12.4 Å². The van der Waals surface area contributed by atoms with Gasteiger partial charge in [0.25, 0.3) is 0 Å². The molecule has 0 unspecified atom stereocenters. The van der Waals surface area contributed by atoms with Gasteiger partial charge in [-0.05, 0) is 10.8 Å². The van der Waals surface area contributed by atoms with Gasteiger partial charge in [-0.3, -0.25) is 0 Å². The van der Waals surface area contributed by atoms with Crippen molar-refractivity contribution in [2.24, 2.45) is 0 Å². The molecule has 0 rings (SSSR count). The second-order valence-corrected chi connectivity index (χ2v) is 1.77. The summed E-state index contributed by atoms with van der Waals surface area (Å²) in [5.74, 6) is 0. The Balaban J connectivity index is 0. The van der Waals surface area contributed by atoms with Crippen molar-refractivity contribution in [2.45, 2.75) is 13.3 Å². The molecule has 0 saturated carbocycles. The van der Waals surface area contributed by atoms with E-state index < -0.39 is 0 Å². The van der Waals surface area contributed by atoms with Crippen molar-refractivity contribution in [1.29, 1.82) is 0 Å². The maximum atomic E-state index is 2.35. The predicted molar refractivity (Wildman–Crippen MR) is 36.4 cm³/mol. The number of hydrogen-bond acceptors (Lipinski definition) is 0. The maximum Gasteiger partial charge on any atom is -0.000735 e. The van der Waals surface area contributed by atoms with Gasteiger partial charge >= 0.3 is 0 Å². The fourth-order valence-corrected chi connectivity index (χ4v) is 0. The number of alkyl halides is 1. The molecule has 0 nitrogen and oxygen atoms in total. The highest BCUT2D eigenvalue weighted by atomic mass is 127. The van der Waals surface area contributed by atoms with Crippen molar-refractivity contribution in [3.05, 3.63) is 0 Å². The molecule has 0 N–H and O–H groups in total. The first-order valence-electron chi connectivity index (χ1n) is 1.47. The van der Waals surface area contributed by atoms with Gasteiger partial charge < -0.3 is 0 Å². The Bertz CT molecular complexity index is 8.85. The zero-order chi connectivity index (χ0) is 3.41. The van der Waals surface area contributed by atoms with E-state index in [1.54, 1.807) is 0 Å². The van der Waals surface area contributed by atoms with Crippen LogP contribution in [-0.4, -0.2) is 4.43 Å². The van der Waals surface area contributed by atoms with Crippen LogP contribution in [0.2, 0.25) is 0 Å². The Morgan fingerprint density at radius 3 is 1.80 bits per heavy atom. The zero-order valence-electron chi connectivity index (χ0n) is 3.20. The lowest BCUT2D eigenvalue weighted by atomic mass is 10.6. The van der Waals surface area contributed by atoms with Crippen molar-refractivity contribution in [2.75, 3.05) is 4.43 Å². The summed E-state index contributed by atoms with van der Waals surface area (Å²) in [7, 11) is 0. The Morgan fingerprint density at radius 1 is 1.60 bits per heavy atom. The van der Waals surface area contributed by atoms with Crippen LogP contribution in [0.3, 0.4) is 0 Å². The molecule has 0 aromatic heterocycles. The summed E-state index contributed by atoms with van der Waals surface area (Å²) in [5.41, 5.74) is 0. The Labute approximate surface area is 52.9 Å². The highest BCUT2D eigenvalue weighted by molar-refractivity contribution is 14.1. The van der Waals surface area contributed by atoms with E-state index in [1.165, 1.54) is 10.8 Å². The van der Waals surface area contributed by atoms with Gasteiger partial charge in [0.1, 0.15) is 0 Å². The Kier molecular flexibility index (Phi) is 16.7. The van der Waals surface area contributed by atoms with Crippen LogP contribution in [0.15, 0.2) is 0 Å².